The van der Waals surface area contributed by atoms with Crippen LogP contribution in [0.5, 0.6) is 17.5 Å². The van der Waals surface area contributed by atoms with E-state index in [9.17, 15) is 4.79 Å². The topological polar surface area (TPSA) is 91.6 Å². The summed E-state index contributed by atoms with van der Waals surface area (Å²) in [5, 5.41) is 4.61. The van der Waals surface area contributed by atoms with Crippen LogP contribution in [-0.2, 0) is 30.9 Å². The number of hydrogen-bond acceptors (Lipinski definition) is 7. The van der Waals surface area contributed by atoms with E-state index in [2.05, 4.69) is 42.1 Å². The van der Waals surface area contributed by atoms with Crippen LogP contribution in [0.15, 0.2) is 91.4 Å². The van der Waals surface area contributed by atoms with Crippen molar-refractivity contribution in [2.24, 2.45) is 0 Å². The highest BCUT2D eigenvalue weighted by Crippen LogP contribution is 2.39. The van der Waals surface area contributed by atoms with Crippen molar-refractivity contribution in [3.05, 3.63) is 125 Å². The Bertz CT molecular complexity index is 1800. The fourth-order valence-electron chi connectivity index (χ4n) is 6.12. The molecule has 1 aliphatic carbocycles. The average molecular weight is 632 g/mol. The third-order valence-corrected chi connectivity index (χ3v) is 8.62. The smallest absolute Gasteiger partial charge is 0.234 e. The molecule has 9 heteroatoms. The van der Waals surface area contributed by atoms with Gasteiger partial charge in [0.1, 0.15) is 12.4 Å². The molecule has 0 radical (unpaired) electrons. The first-order chi connectivity index (χ1) is 22.9. The van der Waals surface area contributed by atoms with Gasteiger partial charge in [-0.25, -0.2) is 0 Å². The van der Waals surface area contributed by atoms with Gasteiger partial charge in [0.2, 0.25) is 17.7 Å². The maximum absolute atomic E-state index is 14.6. The van der Waals surface area contributed by atoms with Gasteiger partial charge in [-0.2, -0.15) is 10.1 Å². The van der Waals surface area contributed by atoms with Crippen LogP contribution >= 0.6 is 0 Å². The van der Waals surface area contributed by atoms with Gasteiger partial charge >= 0.3 is 0 Å². The molecule has 0 saturated carbocycles. The Hall–Kier alpha value is -5.18. The van der Waals surface area contributed by atoms with Gasteiger partial charge in [0.05, 0.1) is 51.3 Å². The molecule has 6 rings (SSSR count). The van der Waals surface area contributed by atoms with Crippen molar-refractivity contribution in [1.29, 1.82) is 0 Å². The molecule has 1 unspecified atom stereocenters. The molecule has 0 N–H and O–H groups in total. The number of fused-ring (bicyclic) bond motifs is 1. The van der Waals surface area contributed by atoms with Crippen LogP contribution in [0.25, 0.3) is 0 Å². The van der Waals surface area contributed by atoms with Crippen LogP contribution in [0.4, 0.5) is 5.69 Å². The highest BCUT2D eigenvalue weighted by molar-refractivity contribution is 5.98. The van der Waals surface area contributed by atoms with Crippen molar-refractivity contribution < 1.29 is 19.0 Å². The number of carbonyl (C=O) groups is 1. The molecular weight excluding hydrogens is 590 g/mol. The summed E-state index contributed by atoms with van der Waals surface area (Å²) >= 11 is 0. The third kappa shape index (κ3) is 7.30. The number of nitrogens with zero attached hydrogens (tertiary/aromatic N) is 5. The van der Waals surface area contributed by atoms with Crippen LogP contribution in [0.2, 0.25) is 0 Å². The Morgan fingerprint density at radius 3 is 2.55 bits per heavy atom. The number of amides is 1. The molecule has 47 heavy (non-hydrogen) atoms. The lowest BCUT2D eigenvalue weighted by atomic mass is 9.81. The van der Waals surface area contributed by atoms with Gasteiger partial charge < -0.3 is 19.1 Å². The average Bonchev–Trinajstić information content (AvgIpc) is 3.56. The van der Waals surface area contributed by atoms with E-state index in [1.165, 1.54) is 0 Å². The molecule has 0 saturated heterocycles. The van der Waals surface area contributed by atoms with Crippen molar-refractivity contribution >= 4 is 11.6 Å². The molecule has 1 aliphatic rings. The number of hydrogen-bond donors (Lipinski definition) is 0. The van der Waals surface area contributed by atoms with Crippen molar-refractivity contribution in [1.82, 2.24) is 19.7 Å². The first kappa shape index (κ1) is 31.8. The van der Waals surface area contributed by atoms with Crippen LogP contribution in [0.1, 0.15) is 72.0 Å². The fraction of sp³-hybridized carbons (Fsp3) is 0.316. The third-order valence-electron chi connectivity index (χ3n) is 8.62. The fourth-order valence-corrected chi connectivity index (χ4v) is 6.12. The summed E-state index contributed by atoms with van der Waals surface area (Å²) in [6.07, 6.45) is 8.14. The van der Waals surface area contributed by atoms with Crippen LogP contribution in [0, 0.1) is 0 Å². The molecule has 0 spiro atoms. The molecular formula is C38H41N5O4. The van der Waals surface area contributed by atoms with Crippen LogP contribution < -0.4 is 19.1 Å². The Kier molecular flexibility index (Phi) is 9.80. The summed E-state index contributed by atoms with van der Waals surface area (Å²) in [6.45, 7) is 5.53. The SMILES string of the molecule is COc1ccc(Cn2cc(CN(C(=O)C3CCCc4c(OCc5ccccc5)cccc43)c3ccc(C(C)C)nc3)cn2)c(OC)n1. The summed E-state index contributed by atoms with van der Waals surface area (Å²) in [5.41, 5.74) is 6.79. The normalized spacial score (nSPS) is 14.0. The van der Waals surface area contributed by atoms with E-state index in [1.807, 2.05) is 76.7 Å². The van der Waals surface area contributed by atoms with Gasteiger partial charge in [-0.1, -0.05) is 56.3 Å². The first-order valence-electron chi connectivity index (χ1n) is 16.1. The number of benzene rings is 2. The number of ether oxygens (including phenoxy) is 3. The molecule has 1 amide bonds. The molecule has 0 fully saturated rings. The first-order valence-corrected chi connectivity index (χ1v) is 16.1. The minimum absolute atomic E-state index is 0.0408. The van der Waals surface area contributed by atoms with Crippen molar-refractivity contribution in [3.63, 3.8) is 0 Å². The van der Waals surface area contributed by atoms with Gasteiger partial charge in [0, 0.05) is 29.1 Å². The van der Waals surface area contributed by atoms with Crippen molar-refractivity contribution in [2.75, 3.05) is 19.1 Å². The molecule has 3 aromatic heterocycles. The quantitative estimate of drug-likeness (QED) is 0.145. The van der Waals surface area contributed by atoms with Gasteiger partial charge in [0.25, 0.3) is 0 Å². The Labute approximate surface area is 276 Å². The maximum atomic E-state index is 14.6. The summed E-state index contributed by atoms with van der Waals surface area (Å²) in [5.74, 6) is 1.85. The molecule has 3 heterocycles. The van der Waals surface area contributed by atoms with Crippen LogP contribution in [-0.4, -0.2) is 39.9 Å². The number of rotatable bonds is 12. The lowest BCUT2D eigenvalue weighted by Crippen LogP contribution is -2.36. The minimum atomic E-state index is -0.298. The van der Waals surface area contributed by atoms with E-state index in [-0.39, 0.29) is 17.7 Å². The maximum Gasteiger partial charge on any atom is 0.234 e. The molecule has 9 nitrogen and oxygen atoms in total. The summed E-state index contributed by atoms with van der Waals surface area (Å²) in [6, 6.07) is 24.0. The van der Waals surface area contributed by atoms with E-state index in [0.29, 0.717) is 31.5 Å². The number of pyridine rings is 2. The zero-order valence-electron chi connectivity index (χ0n) is 27.4. The van der Waals surface area contributed by atoms with Gasteiger partial charge in [-0.15, -0.1) is 0 Å². The Morgan fingerprint density at radius 1 is 0.957 bits per heavy atom. The van der Waals surface area contributed by atoms with E-state index >= 15 is 0 Å². The lowest BCUT2D eigenvalue weighted by Gasteiger charge is -2.31. The monoisotopic (exact) mass is 631 g/mol. The minimum Gasteiger partial charge on any atom is -0.489 e. The summed E-state index contributed by atoms with van der Waals surface area (Å²) in [4.78, 5) is 25.6. The second-order valence-electron chi connectivity index (χ2n) is 12.1. The zero-order valence-corrected chi connectivity index (χ0v) is 27.4. The Balaban J connectivity index is 1.27. The summed E-state index contributed by atoms with van der Waals surface area (Å²) < 4.78 is 18.9. The van der Waals surface area contributed by atoms with E-state index < -0.39 is 0 Å². The van der Waals surface area contributed by atoms with E-state index in [4.69, 9.17) is 19.2 Å². The lowest BCUT2D eigenvalue weighted by molar-refractivity contribution is -0.120. The number of methoxy groups -OCH3 is 2. The predicted octanol–water partition coefficient (Wildman–Crippen LogP) is 7.09. The second-order valence-corrected chi connectivity index (χ2v) is 12.1. The van der Waals surface area contributed by atoms with E-state index in [1.54, 1.807) is 20.3 Å². The molecule has 0 aliphatic heterocycles. The molecule has 1 atom stereocenters. The molecule has 242 valence electrons. The zero-order chi connectivity index (χ0) is 32.8. The standard InChI is InChI=1S/C38H41N5O4/c1-26(2)34-18-17-30(21-39-34)43(23-28-20-40-42(22-28)24-29-16-19-36(45-3)41-37(29)46-4)38(44)33-14-8-13-32-31(33)12-9-15-35(32)47-25-27-10-6-5-7-11-27/h5-7,9-12,15-22,26,33H,8,13-14,23-25H2,1-4H3. The highest BCUT2D eigenvalue weighted by Gasteiger charge is 2.32. The van der Waals surface area contributed by atoms with Crippen molar-refractivity contribution in [2.45, 2.75) is 64.6 Å². The van der Waals surface area contributed by atoms with Gasteiger partial charge in [-0.05, 0) is 66.1 Å². The Morgan fingerprint density at radius 2 is 1.81 bits per heavy atom. The van der Waals surface area contributed by atoms with Crippen molar-refractivity contribution in [3.8, 4) is 17.5 Å². The number of carbonyl (C=O) groups excluding carboxylic acids is 1. The second kappa shape index (κ2) is 14.5. The van der Waals surface area contributed by atoms with Gasteiger partial charge in [-0.3, -0.25) is 14.5 Å². The largest absolute Gasteiger partial charge is 0.489 e. The predicted molar refractivity (Wildman–Crippen MR) is 181 cm³/mol. The molecule has 2 aromatic carbocycles. The molecule has 0 bridgehead atoms. The van der Waals surface area contributed by atoms with Crippen LogP contribution in [0.3, 0.4) is 0 Å². The summed E-state index contributed by atoms with van der Waals surface area (Å²) in [7, 11) is 3.16. The van der Waals surface area contributed by atoms with E-state index in [0.717, 1.165) is 64.2 Å². The van der Waals surface area contributed by atoms with Gasteiger partial charge in [0.15, 0.2) is 0 Å². The highest BCUT2D eigenvalue weighted by atomic mass is 16.5. The number of aromatic nitrogens is 4. The number of anilines is 1. The molecule has 5 aromatic rings.